The van der Waals surface area contributed by atoms with Crippen molar-refractivity contribution >= 4 is 37.1 Å². The van der Waals surface area contributed by atoms with Gasteiger partial charge in [-0.2, -0.15) is 0 Å². The number of rotatable bonds is 4. The van der Waals surface area contributed by atoms with Crippen LogP contribution in [0.5, 0.6) is 0 Å². The molecule has 2 aliphatic rings. The molecule has 6 heteroatoms. The van der Waals surface area contributed by atoms with E-state index in [9.17, 15) is 14.7 Å². The zero-order valence-electron chi connectivity index (χ0n) is 9.77. The number of carbonyl (C=O) groups excluding carboxylic acids is 2. The molecule has 96 valence electrons. The van der Waals surface area contributed by atoms with Crippen molar-refractivity contribution in [3.63, 3.8) is 0 Å². The molecule has 0 spiro atoms. The van der Waals surface area contributed by atoms with Gasteiger partial charge in [0.1, 0.15) is 0 Å². The van der Waals surface area contributed by atoms with Crippen LogP contribution in [-0.2, 0) is 9.59 Å². The van der Waals surface area contributed by atoms with E-state index in [1.807, 2.05) is 13.8 Å². The second-order valence-corrected chi connectivity index (χ2v) is 8.01. The zero-order valence-corrected chi connectivity index (χ0v) is 12.2. The normalized spacial score (nSPS) is 37.7. The number of aliphatic hydroxyl groups excluding tert-OH is 1. The molecular formula is C11H16ClNO3Se. The van der Waals surface area contributed by atoms with E-state index >= 15 is 0 Å². The van der Waals surface area contributed by atoms with E-state index in [4.69, 9.17) is 11.6 Å². The molecule has 2 saturated heterocycles. The predicted octanol–water partition coefficient (Wildman–Crippen LogP) is 0.150. The van der Waals surface area contributed by atoms with Gasteiger partial charge in [-0.05, 0) is 0 Å². The summed E-state index contributed by atoms with van der Waals surface area (Å²) in [4.78, 5) is 23.8. The van der Waals surface area contributed by atoms with Crippen molar-refractivity contribution in [2.75, 3.05) is 5.88 Å². The first kappa shape index (κ1) is 13.3. The molecule has 0 aliphatic carbocycles. The van der Waals surface area contributed by atoms with Crippen molar-refractivity contribution in [2.24, 2.45) is 11.8 Å². The van der Waals surface area contributed by atoms with Crippen LogP contribution in [0.1, 0.15) is 20.3 Å². The summed E-state index contributed by atoms with van der Waals surface area (Å²) in [6.07, 6.45) is -0.148. The van der Waals surface area contributed by atoms with Gasteiger partial charge in [0.25, 0.3) is 0 Å². The SMILES string of the molecule is CC(C)[C@H](O)[C@@]12[Se]C(=O)C(CCCl)[C@@H]1NC2=O. The molecule has 4 atom stereocenters. The number of aliphatic hydroxyl groups is 1. The van der Waals surface area contributed by atoms with Crippen LogP contribution < -0.4 is 5.32 Å². The molecule has 2 fully saturated rings. The van der Waals surface area contributed by atoms with E-state index in [0.717, 1.165) is 0 Å². The standard InChI is InChI=1S/C11H16ClNO3Se/c1-5(2)8(14)11-7(13-10(11)16)6(3-4-12)9(15)17-11/h5-8,14H,3-4H2,1-2H3,(H,13,16)/t6?,7-,8-,11-/m0/s1. The van der Waals surface area contributed by atoms with E-state index in [0.29, 0.717) is 12.3 Å². The fraction of sp³-hybridized carbons (Fsp3) is 0.818. The Bertz CT molecular complexity index is 363. The molecule has 4 nitrogen and oxygen atoms in total. The number of alkyl halides is 1. The summed E-state index contributed by atoms with van der Waals surface area (Å²) in [6, 6.07) is -0.196. The maximum absolute atomic E-state index is 12.0. The van der Waals surface area contributed by atoms with Gasteiger partial charge in [-0.1, -0.05) is 0 Å². The number of halogens is 1. The monoisotopic (exact) mass is 325 g/mol. The quantitative estimate of drug-likeness (QED) is 0.439. The Morgan fingerprint density at radius 1 is 1.53 bits per heavy atom. The Labute approximate surface area is 112 Å². The third-order valence-electron chi connectivity index (χ3n) is 3.57. The average molecular weight is 325 g/mol. The van der Waals surface area contributed by atoms with Crippen molar-refractivity contribution in [3.8, 4) is 0 Å². The van der Waals surface area contributed by atoms with Crippen LogP contribution in [0.15, 0.2) is 0 Å². The molecule has 0 bridgehead atoms. The van der Waals surface area contributed by atoms with E-state index in [-0.39, 0.29) is 28.5 Å². The van der Waals surface area contributed by atoms with Crippen molar-refractivity contribution in [1.82, 2.24) is 5.32 Å². The van der Waals surface area contributed by atoms with Crippen LogP contribution in [0, 0.1) is 11.8 Å². The number of carbonyl (C=O) groups is 2. The summed E-state index contributed by atoms with van der Waals surface area (Å²) in [7, 11) is 0. The minimum absolute atomic E-state index is 0.0204. The van der Waals surface area contributed by atoms with Gasteiger partial charge in [-0.3, -0.25) is 0 Å². The molecule has 2 rings (SSSR count). The van der Waals surface area contributed by atoms with Gasteiger partial charge in [0, 0.05) is 0 Å². The van der Waals surface area contributed by atoms with Gasteiger partial charge >= 0.3 is 112 Å². The summed E-state index contributed by atoms with van der Waals surface area (Å²) >= 11 is 5.22. The van der Waals surface area contributed by atoms with Crippen molar-refractivity contribution in [3.05, 3.63) is 0 Å². The first-order chi connectivity index (χ1) is 7.95. The number of hydrogen-bond acceptors (Lipinski definition) is 3. The summed E-state index contributed by atoms with van der Waals surface area (Å²) in [5, 5.41) is 13.0. The molecule has 0 aromatic rings. The first-order valence-corrected chi connectivity index (χ1v) is 7.97. The number of hydrogen-bond donors (Lipinski definition) is 2. The third-order valence-corrected chi connectivity index (χ3v) is 6.98. The van der Waals surface area contributed by atoms with E-state index in [1.165, 1.54) is 0 Å². The van der Waals surface area contributed by atoms with Crippen LogP contribution in [0.4, 0.5) is 0 Å². The average Bonchev–Trinajstić information content (AvgIpc) is 2.49. The molecule has 2 aliphatic heterocycles. The molecule has 2 N–H and O–H groups in total. The molecule has 0 saturated carbocycles. The van der Waals surface area contributed by atoms with Crippen LogP contribution in [0.2, 0.25) is 4.31 Å². The molecule has 0 aromatic heterocycles. The van der Waals surface area contributed by atoms with Gasteiger partial charge in [0.15, 0.2) is 0 Å². The van der Waals surface area contributed by atoms with Gasteiger partial charge in [0.2, 0.25) is 0 Å². The Kier molecular flexibility index (Phi) is 3.56. The van der Waals surface area contributed by atoms with E-state index < -0.39 is 25.4 Å². The van der Waals surface area contributed by atoms with Crippen molar-refractivity contribution in [2.45, 2.75) is 36.7 Å². The Morgan fingerprint density at radius 2 is 2.18 bits per heavy atom. The van der Waals surface area contributed by atoms with Gasteiger partial charge < -0.3 is 0 Å². The van der Waals surface area contributed by atoms with Gasteiger partial charge in [-0.25, -0.2) is 0 Å². The van der Waals surface area contributed by atoms with Crippen LogP contribution in [-0.4, -0.2) is 48.7 Å². The summed E-state index contributed by atoms with van der Waals surface area (Å²) in [5.41, 5.74) is 0. The Balaban J connectivity index is 2.27. The van der Waals surface area contributed by atoms with Gasteiger partial charge in [0.05, 0.1) is 0 Å². The fourth-order valence-corrected chi connectivity index (χ4v) is 6.25. The molecule has 1 unspecified atom stereocenters. The summed E-state index contributed by atoms with van der Waals surface area (Å²) < 4.78 is -0.712. The first-order valence-electron chi connectivity index (χ1n) is 5.73. The van der Waals surface area contributed by atoms with Crippen molar-refractivity contribution in [1.29, 1.82) is 0 Å². The summed E-state index contributed by atoms with van der Waals surface area (Å²) in [5.74, 6) is 0.0351. The van der Waals surface area contributed by atoms with Crippen LogP contribution in [0.25, 0.3) is 0 Å². The van der Waals surface area contributed by atoms with E-state index in [1.54, 1.807) is 0 Å². The third kappa shape index (κ3) is 1.75. The number of β-lactam (4-membered cyclic amide) rings is 1. The molecule has 0 aromatic carbocycles. The molecular weight excluding hydrogens is 309 g/mol. The maximum atomic E-state index is 12.0. The Hall–Kier alpha value is -0.0905. The molecule has 0 radical (unpaired) electrons. The van der Waals surface area contributed by atoms with Crippen molar-refractivity contribution < 1.29 is 14.7 Å². The fourth-order valence-electron chi connectivity index (χ4n) is 2.59. The summed E-state index contributed by atoms with van der Waals surface area (Å²) in [6.45, 7) is 3.75. The minimum atomic E-state index is -0.824. The molecule has 17 heavy (non-hydrogen) atoms. The van der Waals surface area contributed by atoms with Crippen LogP contribution >= 0.6 is 11.6 Å². The topological polar surface area (TPSA) is 66.4 Å². The van der Waals surface area contributed by atoms with E-state index in [2.05, 4.69) is 5.32 Å². The molecule has 1 amide bonds. The zero-order chi connectivity index (χ0) is 12.8. The van der Waals surface area contributed by atoms with Crippen LogP contribution in [0.3, 0.4) is 0 Å². The second kappa shape index (κ2) is 4.54. The Morgan fingerprint density at radius 3 is 2.65 bits per heavy atom. The number of amides is 1. The number of nitrogens with one attached hydrogen (secondary N) is 1. The number of fused-ring (bicyclic) bond motifs is 1. The van der Waals surface area contributed by atoms with Gasteiger partial charge in [-0.15, -0.1) is 0 Å². The molecule has 2 heterocycles. The second-order valence-electron chi connectivity index (χ2n) is 4.94. The predicted molar refractivity (Wildman–Crippen MR) is 65.1 cm³/mol.